The van der Waals surface area contributed by atoms with Gasteiger partial charge in [-0.05, 0) is 6.07 Å². The van der Waals surface area contributed by atoms with E-state index >= 15 is 0 Å². The number of hydrogen-bond donors (Lipinski definition) is 0. The summed E-state index contributed by atoms with van der Waals surface area (Å²) in [4.78, 5) is 0. The molecule has 1 nitrogen and oxygen atoms in total. The van der Waals surface area contributed by atoms with Crippen molar-refractivity contribution in [1.29, 1.82) is 0 Å². The van der Waals surface area contributed by atoms with Crippen molar-refractivity contribution in [3.63, 3.8) is 0 Å². The first-order valence-electron chi connectivity index (χ1n) is 2.81. The Morgan fingerprint density at radius 3 is 2.82 bits per heavy atom. The van der Waals surface area contributed by atoms with Crippen LogP contribution in [0.2, 0.25) is 10.0 Å². The van der Waals surface area contributed by atoms with Crippen molar-refractivity contribution in [2.45, 2.75) is 0 Å². The maximum absolute atomic E-state index is 5.80. The van der Waals surface area contributed by atoms with E-state index in [9.17, 15) is 0 Å². The molecule has 1 heterocycles. The van der Waals surface area contributed by atoms with Crippen molar-refractivity contribution >= 4 is 54.3 Å². The minimum atomic E-state index is 0.567. The summed E-state index contributed by atoms with van der Waals surface area (Å²) in [6.07, 6.45) is 0. The van der Waals surface area contributed by atoms with Gasteiger partial charge in [-0.1, -0.05) is 23.2 Å². The fourth-order valence-corrected chi connectivity index (χ4v) is 2.90. The van der Waals surface area contributed by atoms with Crippen LogP contribution in [0, 0.1) is 0 Å². The van der Waals surface area contributed by atoms with Crippen molar-refractivity contribution in [2.24, 2.45) is 0 Å². The van der Waals surface area contributed by atoms with Crippen molar-refractivity contribution in [2.75, 3.05) is 0 Å². The summed E-state index contributed by atoms with van der Waals surface area (Å²) in [5, 5.41) is 1.16. The van der Waals surface area contributed by atoms with Crippen molar-refractivity contribution in [3.8, 4) is 0 Å². The zero-order valence-electron chi connectivity index (χ0n) is 5.17. The molecule has 11 heavy (non-hydrogen) atoms. The van der Waals surface area contributed by atoms with Gasteiger partial charge in [0.05, 0.1) is 10.0 Å². The van der Waals surface area contributed by atoms with Gasteiger partial charge in [-0.3, -0.25) is 0 Å². The largest absolute Gasteiger partial charge is 0.323 e. The molecule has 0 saturated carbocycles. The van der Waals surface area contributed by atoms with Crippen LogP contribution in [0.5, 0.6) is 0 Å². The highest BCUT2D eigenvalue weighted by Gasteiger charge is 2.11. The molecule has 0 bridgehead atoms. The molecular weight excluding hydrogens is 221 g/mol. The van der Waals surface area contributed by atoms with E-state index < -0.39 is 0 Å². The van der Waals surface area contributed by atoms with Gasteiger partial charge in [0.15, 0.2) is 0 Å². The second-order valence-corrected chi connectivity index (χ2v) is 4.68. The second-order valence-electron chi connectivity index (χ2n) is 1.98. The molecule has 0 atom stereocenters. The Balaban J connectivity index is 2.86. The molecule has 0 spiro atoms. The van der Waals surface area contributed by atoms with Crippen LogP contribution < -0.4 is 0 Å². The monoisotopic (exact) mass is 222 g/mol. The van der Waals surface area contributed by atoms with E-state index in [0.29, 0.717) is 10.0 Å². The van der Waals surface area contributed by atoms with Gasteiger partial charge in [-0.25, -0.2) is 0 Å². The summed E-state index contributed by atoms with van der Waals surface area (Å²) in [6, 6.07) is 3.62. The molecule has 0 saturated heterocycles. The Morgan fingerprint density at radius 2 is 2.00 bits per heavy atom. The maximum atomic E-state index is 5.80. The normalized spacial score (nSPS) is 10.7. The first-order valence-corrected chi connectivity index (χ1v) is 5.67. The van der Waals surface area contributed by atoms with Crippen LogP contribution in [0.15, 0.2) is 12.1 Å². The molecule has 0 unspecified atom stereocenters. The molecule has 56 valence electrons. The third-order valence-corrected chi connectivity index (χ3v) is 3.82. The fraction of sp³-hybridized carbons (Fsp3) is 0. The van der Waals surface area contributed by atoms with Crippen molar-refractivity contribution in [1.82, 2.24) is 4.37 Å². The summed E-state index contributed by atoms with van der Waals surface area (Å²) in [6.45, 7) is 0. The van der Waals surface area contributed by atoms with Crippen molar-refractivity contribution < 1.29 is 0 Å². The third-order valence-electron chi connectivity index (χ3n) is 1.26. The van der Waals surface area contributed by atoms with E-state index in [0.717, 1.165) is 10.2 Å². The Bertz CT molecular complexity index is 362. The lowest BCUT2D eigenvalue weighted by Gasteiger charge is -1.88. The number of halogens is 2. The Morgan fingerprint density at radius 1 is 1.27 bits per heavy atom. The molecule has 0 aliphatic heterocycles. The quantitative estimate of drug-likeness (QED) is 0.486. The summed E-state index contributed by atoms with van der Waals surface area (Å²) in [5.74, 6) is 0. The summed E-state index contributed by atoms with van der Waals surface area (Å²) >= 11 is 11.6. The smallest absolute Gasteiger partial charge is 0.135 e. The SMILES string of the molecule is Clc1cc2ns[s+]c2cc1Cl. The first-order chi connectivity index (χ1) is 5.27. The van der Waals surface area contributed by atoms with Gasteiger partial charge in [0.1, 0.15) is 5.52 Å². The van der Waals surface area contributed by atoms with Crippen LogP contribution in [0.1, 0.15) is 0 Å². The molecule has 0 N–H and O–H groups in total. The average Bonchev–Trinajstić information content (AvgIpc) is 2.36. The van der Waals surface area contributed by atoms with Crippen LogP contribution in [-0.2, 0) is 0 Å². The van der Waals surface area contributed by atoms with E-state index in [-0.39, 0.29) is 0 Å². The van der Waals surface area contributed by atoms with E-state index in [1.54, 1.807) is 16.4 Å². The van der Waals surface area contributed by atoms with E-state index in [2.05, 4.69) is 4.37 Å². The summed E-state index contributed by atoms with van der Waals surface area (Å²) < 4.78 is 5.23. The minimum Gasteiger partial charge on any atom is -0.135 e. The number of aromatic nitrogens is 1. The molecule has 1 aromatic heterocycles. The molecule has 2 aromatic rings. The van der Waals surface area contributed by atoms with E-state index in [1.807, 2.05) is 6.07 Å². The van der Waals surface area contributed by atoms with E-state index in [1.165, 1.54) is 10.5 Å². The zero-order chi connectivity index (χ0) is 7.84. The number of rotatable bonds is 0. The van der Waals surface area contributed by atoms with Gasteiger partial charge in [0, 0.05) is 6.07 Å². The van der Waals surface area contributed by atoms with Crippen LogP contribution in [0.25, 0.3) is 10.2 Å². The molecule has 0 aliphatic rings. The molecule has 0 radical (unpaired) electrons. The predicted octanol–water partition coefficient (Wildman–Crippen LogP) is 3.95. The lowest BCUT2D eigenvalue weighted by molar-refractivity contribution is 1.66. The number of nitrogens with zero attached hydrogens (tertiary/aromatic N) is 1. The Labute approximate surface area is 80.8 Å². The average molecular weight is 223 g/mol. The molecule has 2 rings (SSSR count). The highest BCUT2D eigenvalue weighted by atomic mass is 35.5. The van der Waals surface area contributed by atoms with Gasteiger partial charge in [-0.15, -0.1) is 4.37 Å². The highest BCUT2D eigenvalue weighted by molar-refractivity contribution is 7.69. The highest BCUT2D eigenvalue weighted by Crippen LogP contribution is 2.30. The Kier molecular flexibility index (Phi) is 1.97. The fourth-order valence-electron chi connectivity index (χ4n) is 0.755. The predicted molar refractivity (Wildman–Crippen MR) is 51.9 cm³/mol. The maximum Gasteiger partial charge on any atom is 0.323 e. The van der Waals surface area contributed by atoms with Gasteiger partial charge in [0.25, 0.3) is 15.2 Å². The zero-order valence-corrected chi connectivity index (χ0v) is 8.32. The van der Waals surface area contributed by atoms with Crippen LogP contribution in [0.4, 0.5) is 0 Å². The number of benzene rings is 1. The number of hydrogen-bond acceptors (Lipinski definition) is 2. The standard InChI is InChI=1S/C6H2Cl2NS2/c7-3-1-5-6(2-4(3)8)10-11-9-5/h1-2H/q+1. The van der Waals surface area contributed by atoms with Gasteiger partial charge < -0.3 is 0 Å². The second kappa shape index (κ2) is 2.83. The minimum absolute atomic E-state index is 0.567. The summed E-state index contributed by atoms with van der Waals surface area (Å²) in [5.41, 5.74) is 0.925. The molecule has 5 heteroatoms. The topological polar surface area (TPSA) is 12.9 Å². The lowest BCUT2D eigenvalue weighted by atomic mass is 10.3. The van der Waals surface area contributed by atoms with Gasteiger partial charge >= 0.3 is 10.3 Å². The first kappa shape index (κ1) is 7.68. The molecule has 0 aliphatic carbocycles. The molecule has 0 amide bonds. The number of fused-ring (bicyclic) bond motifs is 1. The van der Waals surface area contributed by atoms with Crippen LogP contribution >= 0.6 is 44.1 Å². The van der Waals surface area contributed by atoms with Gasteiger partial charge in [-0.2, -0.15) is 0 Å². The van der Waals surface area contributed by atoms with Crippen LogP contribution in [0.3, 0.4) is 0 Å². The lowest BCUT2D eigenvalue weighted by Crippen LogP contribution is -1.69. The molecule has 0 fully saturated rings. The Hall–Kier alpha value is 0.0400. The molecular formula is C6H2Cl2NS2+. The molecule has 1 aromatic carbocycles. The summed E-state index contributed by atoms with van der Waals surface area (Å²) in [7, 11) is 3.04. The van der Waals surface area contributed by atoms with Crippen LogP contribution in [-0.4, -0.2) is 4.37 Å². The third kappa shape index (κ3) is 1.34. The van der Waals surface area contributed by atoms with Crippen molar-refractivity contribution in [3.05, 3.63) is 22.2 Å². The van der Waals surface area contributed by atoms with Gasteiger partial charge in [0.2, 0.25) is 0 Å². The van der Waals surface area contributed by atoms with E-state index in [4.69, 9.17) is 23.2 Å².